The van der Waals surface area contributed by atoms with Crippen LogP contribution in [0.2, 0.25) is 0 Å². The van der Waals surface area contributed by atoms with Gasteiger partial charge in [0.05, 0.1) is 12.5 Å². The van der Waals surface area contributed by atoms with Gasteiger partial charge in [0.15, 0.2) is 0 Å². The second kappa shape index (κ2) is 6.20. The normalized spacial score (nSPS) is 10.2. The molecular weight excluding hydrogens is 140 g/mol. The molecule has 0 bridgehead atoms. The molecule has 11 heavy (non-hydrogen) atoms. The van der Waals surface area contributed by atoms with Crippen molar-refractivity contribution in [2.75, 3.05) is 6.61 Å². The van der Waals surface area contributed by atoms with Crippen LogP contribution < -0.4 is 0 Å². The summed E-state index contributed by atoms with van der Waals surface area (Å²) in [6.45, 7) is 6.49. The Balaban J connectivity index is 3.61. The van der Waals surface area contributed by atoms with Gasteiger partial charge in [0, 0.05) is 0 Å². The molecule has 0 spiro atoms. The van der Waals surface area contributed by atoms with Crippen LogP contribution in [-0.4, -0.2) is 12.6 Å². The molecule has 0 amide bonds. The monoisotopic (exact) mass is 157 g/mol. The van der Waals surface area contributed by atoms with Gasteiger partial charge in [-0.05, 0) is 19.3 Å². The van der Waals surface area contributed by atoms with Crippen molar-refractivity contribution in [3.05, 3.63) is 5.92 Å². The van der Waals surface area contributed by atoms with E-state index in [1.807, 2.05) is 20.8 Å². The van der Waals surface area contributed by atoms with E-state index in [2.05, 4.69) is 0 Å². The van der Waals surface area contributed by atoms with E-state index >= 15 is 0 Å². The lowest BCUT2D eigenvalue weighted by Crippen LogP contribution is -2.14. The zero-order valence-electron chi connectivity index (χ0n) is 7.64. The van der Waals surface area contributed by atoms with Crippen LogP contribution in [0.4, 0.5) is 0 Å². The summed E-state index contributed by atoms with van der Waals surface area (Å²) in [6, 6.07) is 0. The lowest BCUT2D eigenvalue weighted by Gasteiger charge is -2.09. The minimum atomic E-state index is -0.114. The molecule has 0 heterocycles. The fraction of sp³-hybridized carbons (Fsp3) is 0.778. The number of carbonyl (C=O) groups is 1. The predicted octanol–water partition coefficient (Wildman–Crippen LogP) is 2.33. The molecule has 65 valence electrons. The van der Waals surface area contributed by atoms with Gasteiger partial charge in [0.25, 0.3) is 0 Å². The summed E-state index contributed by atoms with van der Waals surface area (Å²) in [5, 5.41) is 0. The van der Waals surface area contributed by atoms with Crippen LogP contribution >= 0.6 is 0 Å². The molecule has 0 rings (SSSR count). The summed E-state index contributed by atoms with van der Waals surface area (Å²) >= 11 is 0. The number of hydrogen-bond acceptors (Lipinski definition) is 2. The van der Waals surface area contributed by atoms with Gasteiger partial charge >= 0.3 is 5.97 Å². The van der Waals surface area contributed by atoms with E-state index < -0.39 is 0 Å². The third-order valence-corrected chi connectivity index (χ3v) is 1.58. The van der Waals surface area contributed by atoms with E-state index in [0.29, 0.717) is 6.61 Å². The molecule has 0 aromatic carbocycles. The summed E-state index contributed by atoms with van der Waals surface area (Å²) in [7, 11) is 0. The van der Waals surface area contributed by atoms with Gasteiger partial charge in [-0.2, -0.15) is 0 Å². The quantitative estimate of drug-likeness (QED) is 0.572. The van der Waals surface area contributed by atoms with Crippen LogP contribution in [0.25, 0.3) is 0 Å². The lowest BCUT2D eigenvalue weighted by atomic mass is 10.0. The Hall–Kier alpha value is -0.530. The summed E-state index contributed by atoms with van der Waals surface area (Å²) in [5.41, 5.74) is 0. The van der Waals surface area contributed by atoms with Crippen molar-refractivity contribution in [1.29, 1.82) is 0 Å². The maximum Gasteiger partial charge on any atom is 0.313 e. The first-order chi connectivity index (χ1) is 5.26. The second-order valence-corrected chi connectivity index (χ2v) is 2.45. The van der Waals surface area contributed by atoms with Gasteiger partial charge in [-0.15, -0.1) is 0 Å². The highest BCUT2D eigenvalue weighted by Crippen LogP contribution is 2.11. The molecule has 0 aliphatic heterocycles. The Kier molecular flexibility index (Phi) is 5.90. The zero-order valence-corrected chi connectivity index (χ0v) is 7.64. The number of hydrogen-bond donors (Lipinski definition) is 0. The molecule has 0 aliphatic carbocycles. The SMILES string of the molecule is CCCOC(=O)[C](CC)CC. The minimum Gasteiger partial charge on any atom is -0.465 e. The highest BCUT2D eigenvalue weighted by atomic mass is 16.5. The number of esters is 1. The lowest BCUT2D eigenvalue weighted by molar-refractivity contribution is -0.141. The Morgan fingerprint density at radius 3 is 2.09 bits per heavy atom. The van der Waals surface area contributed by atoms with Crippen LogP contribution in [0.15, 0.2) is 0 Å². The Bertz CT molecular complexity index is 106. The molecule has 0 aromatic heterocycles. The maximum atomic E-state index is 11.1. The second-order valence-electron chi connectivity index (χ2n) is 2.45. The van der Waals surface area contributed by atoms with E-state index in [9.17, 15) is 4.79 Å². The first-order valence-electron chi connectivity index (χ1n) is 4.28. The van der Waals surface area contributed by atoms with Crippen molar-refractivity contribution in [3.63, 3.8) is 0 Å². The largest absolute Gasteiger partial charge is 0.465 e. The molecule has 1 radical (unpaired) electrons. The van der Waals surface area contributed by atoms with Gasteiger partial charge < -0.3 is 4.74 Å². The van der Waals surface area contributed by atoms with Crippen LogP contribution in [0.3, 0.4) is 0 Å². The van der Waals surface area contributed by atoms with Gasteiger partial charge in [-0.1, -0.05) is 20.8 Å². The summed E-state index contributed by atoms with van der Waals surface area (Å²) in [6.07, 6.45) is 2.50. The van der Waals surface area contributed by atoms with Crippen LogP contribution in [-0.2, 0) is 9.53 Å². The van der Waals surface area contributed by atoms with Crippen LogP contribution in [0.1, 0.15) is 40.0 Å². The first-order valence-corrected chi connectivity index (χ1v) is 4.28. The number of ether oxygens (including phenoxy) is 1. The van der Waals surface area contributed by atoms with Gasteiger partial charge in [-0.25, -0.2) is 0 Å². The fourth-order valence-electron chi connectivity index (χ4n) is 0.835. The van der Waals surface area contributed by atoms with Gasteiger partial charge in [0.2, 0.25) is 0 Å². The van der Waals surface area contributed by atoms with Crippen molar-refractivity contribution in [2.24, 2.45) is 0 Å². The number of rotatable bonds is 5. The van der Waals surface area contributed by atoms with Crippen molar-refractivity contribution < 1.29 is 9.53 Å². The predicted molar refractivity (Wildman–Crippen MR) is 45.1 cm³/mol. The molecule has 2 nitrogen and oxygen atoms in total. The molecule has 0 unspecified atom stereocenters. The molecule has 0 saturated heterocycles. The smallest absolute Gasteiger partial charge is 0.313 e. The average molecular weight is 157 g/mol. The molecule has 0 atom stereocenters. The summed E-state index contributed by atoms with van der Waals surface area (Å²) in [5.74, 6) is 0.773. The molecule has 0 saturated carbocycles. The van der Waals surface area contributed by atoms with Gasteiger partial charge in [-0.3, -0.25) is 4.79 Å². The topological polar surface area (TPSA) is 26.3 Å². The molecule has 2 heteroatoms. The van der Waals surface area contributed by atoms with Crippen molar-refractivity contribution in [3.8, 4) is 0 Å². The van der Waals surface area contributed by atoms with E-state index in [-0.39, 0.29) is 5.97 Å². The third kappa shape index (κ3) is 4.02. The molecule has 0 aromatic rings. The Morgan fingerprint density at radius 1 is 1.18 bits per heavy atom. The third-order valence-electron chi connectivity index (χ3n) is 1.58. The average Bonchev–Trinajstić information content (AvgIpc) is 2.03. The maximum absolute atomic E-state index is 11.1. The standard InChI is InChI=1S/C9H17O2/c1-4-7-11-9(10)8(5-2)6-3/h4-7H2,1-3H3. The van der Waals surface area contributed by atoms with E-state index in [0.717, 1.165) is 25.2 Å². The van der Waals surface area contributed by atoms with Crippen molar-refractivity contribution in [2.45, 2.75) is 40.0 Å². The fourth-order valence-corrected chi connectivity index (χ4v) is 0.835. The Labute approximate surface area is 68.9 Å². The highest BCUT2D eigenvalue weighted by molar-refractivity contribution is 5.84. The summed E-state index contributed by atoms with van der Waals surface area (Å²) < 4.78 is 4.96. The zero-order chi connectivity index (χ0) is 8.69. The van der Waals surface area contributed by atoms with Crippen molar-refractivity contribution in [1.82, 2.24) is 0 Å². The van der Waals surface area contributed by atoms with Crippen LogP contribution in [0.5, 0.6) is 0 Å². The van der Waals surface area contributed by atoms with E-state index in [1.54, 1.807) is 0 Å². The molecule has 0 aliphatic rings. The highest BCUT2D eigenvalue weighted by Gasteiger charge is 2.15. The first kappa shape index (κ1) is 10.5. The van der Waals surface area contributed by atoms with E-state index in [1.165, 1.54) is 0 Å². The van der Waals surface area contributed by atoms with E-state index in [4.69, 9.17) is 4.74 Å². The van der Waals surface area contributed by atoms with Gasteiger partial charge in [0.1, 0.15) is 0 Å². The number of carbonyl (C=O) groups excluding carboxylic acids is 1. The summed E-state index contributed by atoms with van der Waals surface area (Å²) in [4.78, 5) is 11.1. The molecule has 0 fully saturated rings. The molecule has 0 N–H and O–H groups in total. The van der Waals surface area contributed by atoms with Crippen molar-refractivity contribution >= 4 is 5.97 Å². The minimum absolute atomic E-state index is 0.114. The van der Waals surface area contributed by atoms with Crippen LogP contribution in [0, 0.1) is 5.92 Å². The Morgan fingerprint density at radius 2 is 1.73 bits per heavy atom. The molecular formula is C9H17O2.